The number of thiazole rings is 1. The van der Waals surface area contributed by atoms with Crippen LogP contribution in [0, 0.1) is 0 Å². The third kappa shape index (κ3) is 4.13. The summed E-state index contributed by atoms with van der Waals surface area (Å²) in [4.78, 5) is 4.37. The lowest BCUT2D eigenvalue weighted by Gasteiger charge is -2.06. The first kappa shape index (κ1) is 16.2. The van der Waals surface area contributed by atoms with E-state index >= 15 is 0 Å². The molecular weight excluding hydrogens is 308 g/mol. The van der Waals surface area contributed by atoms with E-state index in [1.54, 1.807) is 17.8 Å². The largest absolute Gasteiger partial charge is 0.349 e. The van der Waals surface area contributed by atoms with Gasteiger partial charge >= 0.3 is 0 Å². The summed E-state index contributed by atoms with van der Waals surface area (Å²) < 4.78 is 29.2. The van der Waals surface area contributed by atoms with Crippen molar-refractivity contribution in [3.05, 3.63) is 34.5 Å². The summed E-state index contributed by atoms with van der Waals surface area (Å²) in [6.07, 6.45) is 2.65. The molecule has 0 aliphatic heterocycles. The molecule has 0 aromatic carbocycles. The number of aromatic nitrogens is 2. The first-order chi connectivity index (χ1) is 10.1. The van der Waals surface area contributed by atoms with Crippen molar-refractivity contribution in [1.82, 2.24) is 19.6 Å². The smallest absolute Gasteiger partial charge is 0.242 e. The molecule has 0 saturated heterocycles. The Morgan fingerprint density at radius 3 is 2.81 bits per heavy atom. The van der Waals surface area contributed by atoms with E-state index in [1.807, 2.05) is 17.0 Å². The fraction of sp³-hybridized carbons (Fsp3) is 0.462. The standard InChI is InChI=1S/C13H20N4O2S2/c1-3-4-17-8-13(5-12(17)7-14-2)21(18,19)16-6-11-9-20-10-15-11/h5,8-10,14,16H,3-4,6-7H2,1-2H3. The second-order valence-electron chi connectivity index (χ2n) is 4.70. The fourth-order valence-electron chi connectivity index (χ4n) is 2.03. The Balaban J connectivity index is 2.16. The first-order valence-corrected chi connectivity index (χ1v) is 9.19. The molecule has 2 rings (SSSR count). The molecule has 0 bridgehead atoms. The highest BCUT2D eigenvalue weighted by atomic mass is 32.2. The molecule has 6 nitrogen and oxygen atoms in total. The van der Waals surface area contributed by atoms with Crippen LogP contribution in [-0.2, 0) is 29.7 Å². The van der Waals surface area contributed by atoms with Crippen molar-refractivity contribution in [3.63, 3.8) is 0 Å². The zero-order chi connectivity index (χ0) is 15.3. The van der Waals surface area contributed by atoms with Gasteiger partial charge in [-0.1, -0.05) is 6.92 Å². The molecule has 2 N–H and O–H groups in total. The van der Waals surface area contributed by atoms with Gasteiger partial charge in [0, 0.05) is 30.4 Å². The molecule has 0 fully saturated rings. The third-order valence-corrected chi connectivity index (χ3v) is 5.02. The first-order valence-electron chi connectivity index (χ1n) is 6.77. The van der Waals surface area contributed by atoms with Gasteiger partial charge < -0.3 is 9.88 Å². The molecule has 21 heavy (non-hydrogen) atoms. The van der Waals surface area contributed by atoms with Crippen LogP contribution in [-0.4, -0.2) is 25.0 Å². The van der Waals surface area contributed by atoms with Gasteiger partial charge in [-0.3, -0.25) is 0 Å². The average Bonchev–Trinajstić information content (AvgIpc) is 3.08. The van der Waals surface area contributed by atoms with Crippen molar-refractivity contribution >= 4 is 21.4 Å². The highest BCUT2D eigenvalue weighted by Gasteiger charge is 2.18. The van der Waals surface area contributed by atoms with Crippen molar-refractivity contribution in [3.8, 4) is 0 Å². The molecule has 0 radical (unpaired) electrons. The normalized spacial score (nSPS) is 11.9. The van der Waals surface area contributed by atoms with Crippen LogP contribution in [0.1, 0.15) is 24.7 Å². The van der Waals surface area contributed by atoms with E-state index in [0.717, 1.165) is 24.4 Å². The van der Waals surface area contributed by atoms with E-state index in [9.17, 15) is 8.42 Å². The van der Waals surface area contributed by atoms with Crippen molar-refractivity contribution in [2.75, 3.05) is 7.05 Å². The van der Waals surface area contributed by atoms with Gasteiger partial charge in [-0.25, -0.2) is 18.1 Å². The number of sulfonamides is 1. The summed E-state index contributed by atoms with van der Waals surface area (Å²) in [5.74, 6) is 0. The lowest BCUT2D eigenvalue weighted by molar-refractivity contribution is 0.579. The van der Waals surface area contributed by atoms with E-state index in [0.29, 0.717) is 11.4 Å². The lowest BCUT2D eigenvalue weighted by atomic mass is 10.4. The average molecular weight is 328 g/mol. The lowest BCUT2D eigenvalue weighted by Crippen LogP contribution is -2.23. The summed E-state index contributed by atoms with van der Waals surface area (Å²) in [5.41, 5.74) is 3.38. The van der Waals surface area contributed by atoms with E-state index in [2.05, 4.69) is 21.9 Å². The minimum Gasteiger partial charge on any atom is -0.349 e. The van der Waals surface area contributed by atoms with Crippen LogP contribution in [0.2, 0.25) is 0 Å². The predicted octanol–water partition coefficient (Wildman–Crippen LogP) is 1.55. The molecule has 0 aliphatic carbocycles. The SMILES string of the molecule is CCCn1cc(S(=O)(=O)NCc2cscn2)cc1CNC. The number of aryl methyl sites for hydroxylation is 1. The fourth-order valence-corrected chi connectivity index (χ4v) is 3.65. The number of hydrogen-bond donors (Lipinski definition) is 2. The number of nitrogens with zero attached hydrogens (tertiary/aromatic N) is 2. The Hall–Kier alpha value is -1.22. The Bertz CT molecular complexity index is 639. The minimum absolute atomic E-state index is 0.214. The molecule has 0 amide bonds. The molecule has 0 unspecified atom stereocenters. The highest BCUT2D eigenvalue weighted by Crippen LogP contribution is 2.15. The number of rotatable bonds is 8. The van der Waals surface area contributed by atoms with Crippen LogP contribution < -0.4 is 10.0 Å². The summed E-state index contributed by atoms with van der Waals surface area (Å²) in [6.45, 7) is 3.73. The van der Waals surface area contributed by atoms with Crippen LogP contribution in [0.3, 0.4) is 0 Å². The molecule has 8 heteroatoms. The molecular formula is C13H20N4O2S2. The van der Waals surface area contributed by atoms with Crippen LogP contribution >= 0.6 is 11.3 Å². The minimum atomic E-state index is -3.51. The molecule has 0 saturated carbocycles. The third-order valence-electron chi connectivity index (χ3n) is 3.02. The molecule has 2 heterocycles. The van der Waals surface area contributed by atoms with Crippen molar-refractivity contribution < 1.29 is 8.42 Å². The summed E-state index contributed by atoms with van der Waals surface area (Å²) in [6, 6.07) is 1.72. The van der Waals surface area contributed by atoms with Gasteiger partial charge in [-0.05, 0) is 19.5 Å². The molecule has 2 aromatic heterocycles. The van der Waals surface area contributed by atoms with Crippen LogP contribution in [0.25, 0.3) is 0 Å². The Morgan fingerprint density at radius 2 is 2.19 bits per heavy atom. The van der Waals surface area contributed by atoms with Crippen molar-refractivity contribution in [1.29, 1.82) is 0 Å². The quantitative estimate of drug-likeness (QED) is 0.771. The topological polar surface area (TPSA) is 76.0 Å². The highest BCUT2D eigenvalue weighted by molar-refractivity contribution is 7.89. The Morgan fingerprint density at radius 1 is 1.38 bits per heavy atom. The Kier molecular flexibility index (Phi) is 5.51. The van der Waals surface area contributed by atoms with Crippen LogP contribution in [0.4, 0.5) is 0 Å². The molecule has 116 valence electrons. The maximum atomic E-state index is 12.3. The van der Waals surface area contributed by atoms with E-state index < -0.39 is 10.0 Å². The maximum absolute atomic E-state index is 12.3. The summed E-state index contributed by atoms with van der Waals surface area (Å²) >= 11 is 1.45. The van der Waals surface area contributed by atoms with Crippen molar-refractivity contribution in [2.45, 2.75) is 37.9 Å². The van der Waals surface area contributed by atoms with E-state index in [4.69, 9.17) is 0 Å². The van der Waals surface area contributed by atoms with Crippen LogP contribution in [0.5, 0.6) is 0 Å². The molecule has 2 aromatic rings. The van der Waals surface area contributed by atoms with Crippen molar-refractivity contribution in [2.24, 2.45) is 0 Å². The second kappa shape index (κ2) is 7.17. The maximum Gasteiger partial charge on any atom is 0.242 e. The number of nitrogens with one attached hydrogen (secondary N) is 2. The van der Waals surface area contributed by atoms with Gasteiger partial charge in [0.15, 0.2) is 0 Å². The van der Waals surface area contributed by atoms with Gasteiger partial charge in [0.1, 0.15) is 0 Å². The monoisotopic (exact) mass is 328 g/mol. The number of hydrogen-bond acceptors (Lipinski definition) is 5. The zero-order valence-corrected chi connectivity index (χ0v) is 13.8. The van der Waals surface area contributed by atoms with Gasteiger partial charge in [-0.2, -0.15) is 0 Å². The Labute approximate surface area is 129 Å². The van der Waals surface area contributed by atoms with E-state index in [1.165, 1.54) is 11.3 Å². The predicted molar refractivity (Wildman–Crippen MR) is 83.6 cm³/mol. The van der Waals surface area contributed by atoms with Gasteiger partial charge in [0.05, 0.1) is 22.6 Å². The van der Waals surface area contributed by atoms with Crippen LogP contribution in [0.15, 0.2) is 28.0 Å². The second-order valence-corrected chi connectivity index (χ2v) is 7.18. The van der Waals surface area contributed by atoms with Gasteiger partial charge in [0.2, 0.25) is 10.0 Å². The molecule has 0 aliphatic rings. The summed E-state index contributed by atoms with van der Waals surface area (Å²) in [7, 11) is -1.66. The molecule has 0 spiro atoms. The zero-order valence-electron chi connectivity index (χ0n) is 12.2. The van der Waals surface area contributed by atoms with Gasteiger partial charge in [0.25, 0.3) is 0 Å². The molecule has 0 atom stereocenters. The van der Waals surface area contributed by atoms with E-state index in [-0.39, 0.29) is 6.54 Å². The van der Waals surface area contributed by atoms with Gasteiger partial charge in [-0.15, -0.1) is 11.3 Å². The summed E-state index contributed by atoms with van der Waals surface area (Å²) in [5, 5.41) is 4.89.